The maximum absolute atomic E-state index is 13.4. The number of aliphatic hydroxyl groups is 1. The molecule has 0 saturated carbocycles. The lowest BCUT2D eigenvalue weighted by Gasteiger charge is -2.35. The number of halogens is 1. The van der Waals surface area contributed by atoms with Crippen molar-refractivity contribution in [1.82, 2.24) is 0 Å². The predicted octanol–water partition coefficient (Wildman–Crippen LogP) is 1.14. The van der Waals surface area contributed by atoms with Crippen LogP contribution in [0.25, 0.3) is 0 Å². The third-order valence-corrected chi connectivity index (χ3v) is 2.51. The third kappa shape index (κ3) is 1.84. The minimum Gasteiger partial charge on any atom is -0.392 e. The molecular formula is C9H16FNO. The van der Waals surface area contributed by atoms with E-state index in [1.54, 1.807) is 0 Å². The summed E-state index contributed by atoms with van der Waals surface area (Å²) in [6.45, 7) is 3.19. The van der Waals surface area contributed by atoms with Crippen molar-refractivity contribution >= 4 is 0 Å². The molecule has 0 aromatic heterocycles. The first-order valence-corrected chi connectivity index (χ1v) is 4.18. The van der Waals surface area contributed by atoms with E-state index in [0.29, 0.717) is 18.4 Å². The van der Waals surface area contributed by atoms with Crippen LogP contribution in [-0.2, 0) is 0 Å². The third-order valence-electron chi connectivity index (χ3n) is 2.51. The molecule has 1 rings (SSSR count). The largest absolute Gasteiger partial charge is 0.392 e. The first kappa shape index (κ1) is 9.68. The molecule has 70 valence electrons. The highest BCUT2D eigenvalue weighted by Gasteiger charge is 2.35. The van der Waals surface area contributed by atoms with E-state index >= 15 is 0 Å². The molecule has 3 heteroatoms. The summed E-state index contributed by atoms with van der Waals surface area (Å²) in [6, 6.07) is 0. The van der Waals surface area contributed by atoms with Gasteiger partial charge in [0.25, 0.3) is 0 Å². The van der Waals surface area contributed by atoms with E-state index in [1.807, 2.05) is 6.92 Å². The highest BCUT2D eigenvalue weighted by atomic mass is 19.1. The van der Waals surface area contributed by atoms with Crippen molar-refractivity contribution in [1.29, 1.82) is 0 Å². The maximum atomic E-state index is 13.4. The van der Waals surface area contributed by atoms with Gasteiger partial charge in [-0.05, 0) is 38.3 Å². The van der Waals surface area contributed by atoms with E-state index < -0.39 is 11.2 Å². The predicted molar refractivity (Wildman–Crippen MR) is 46.5 cm³/mol. The molecule has 0 saturated heterocycles. The molecule has 0 bridgehead atoms. The second kappa shape index (κ2) is 2.82. The number of hydrogen-bond acceptors (Lipinski definition) is 2. The zero-order valence-electron chi connectivity index (χ0n) is 7.60. The summed E-state index contributed by atoms with van der Waals surface area (Å²) in [5, 5.41) is 8.94. The van der Waals surface area contributed by atoms with Crippen molar-refractivity contribution in [3.8, 4) is 0 Å². The number of hydrogen-bond donors (Lipinski definition) is 2. The first-order valence-electron chi connectivity index (χ1n) is 4.18. The van der Waals surface area contributed by atoms with Crippen LogP contribution in [0.5, 0.6) is 0 Å². The summed E-state index contributed by atoms with van der Waals surface area (Å²) in [4.78, 5) is 0. The van der Waals surface area contributed by atoms with Crippen molar-refractivity contribution in [3.05, 3.63) is 11.6 Å². The Kier molecular flexibility index (Phi) is 2.27. The monoisotopic (exact) mass is 173 g/mol. The number of alkyl halides is 1. The van der Waals surface area contributed by atoms with Gasteiger partial charge in [0.1, 0.15) is 5.67 Å². The maximum Gasteiger partial charge on any atom is 0.126 e. The lowest BCUT2D eigenvalue weighted by molar-refractivity contribution is 0.190. The zero-order valence-corrected chi connectivity index (χ0v) is 7.60. The van der Waals surface area contributed by atoms with Crippen LogP contribution in [0.1, 0.15) is 26.7 Å². The molecule has 0 amide bonds. The molecule has 0 heterocycles. The minimum absolute atomic E-state index is 0.146. The van der Waals surface area contributed by atoms with Gasteiger partial charge >= 0.3 is 0 Å². The molecule has 0 aliphatic heterocycles. The van der Waals surface area contributed by atoms with Crippen LogP contribution >= 0.6 is 0 Å². The highest BCUT2D eigenvalue weighted by molar-refractivity contribution is 5.26. The molecule has 0 aromatic carbocycles. The Morgan fingerprint density at radius 3 is 2.58 bits per heavy atom. The zero-order chi connectivity index (χ0) is 9.41. The van der Waals surface area contributed by atoms with E-state index in [4.69, 9.17) is 10.8 Å². The van der Waals surface area contributed by atoms with Gasteiger partial charge in [-0.3, -0.25) is 0 Å². The summed E-state index contributed by atoms with van der Waals surface area (Å²) >= 11 is 0. The summed E-state index contributed by atoms with van der Waals surface area (Å²) in [5.74, 6) is 0. The molecule has 2 nitrogen and oxygen atoms in total. The van der Waals surface area contributed by atoms with Crippen molar-refractivity contribution in [2.24, 2.45) is 5.73 Å². The van der Waals surface area contributed by atoms with E-state index in [2.05, 4.69) is 0 Å². The van der Waals surface area contributed by atoms with Gasteiger partial charge in [0.05, 0.1) is 6.61 Å². The van der Waals surface area contributed by atoms with Gasteiger partial charge in [-0.25, -0.2) is 4.39 Å². The molecule has 0 spiro atoms. The van der Waals surface area contributed by atoms with E-state index in [9.17, 15) is 4.39 Å². The molecule has 2 atom stereocenters. The molecular weight excluding hydrogens is 157 g/mol. The van der Waals surface area contributed by atoms with Crippen LogP contribution in [0, 0.1) is 0 Å². The second-order valence-corrected chi connectivity index (χ2v) is 4.02. The number of rotatable bonds is 1. The van der Waals surface area contributed by atoms with Crippen LogP contribution in [0.3, 0.4) is 0 Å². The van der Waals surface area contributed by atoms with Gasteiger partial charge < -0.3 is 10.8 Å². The van der Waals surface area contributed by atoms with Gasteiger partial charge in [0.2, 0.25) is 0 Å². The normalized spacial score (nSPS) is 42.6. The molecule has 3 N–H and O–H groups in total. The van der Waals surface area contributed by atoms with Gasteiger partial charge in [-0.2, -0.15) is 0 Å². The van der Waals surface area contributed by atoms with Crippen LogP contribution in [0.4, 0.5) is 4.39 Å². The highest BCUT2D eigenvalue weighted by Crippen LogP contribution is 2.34. The van der Waals surface area contributed by atoms with Crippen molar-refractivity contribution in [2.45, 2.75) is 37.9 Å². The van der Waals surface area contributed by atoms with E-state index in [0.717, 1.165) is 0 Å². The Morgan fingerprint density at radius 1 is 1.58 bits per heavy atom. The summed E-state index contributed by atoms with van der Waals surface area (Å²) in [6.07, 6.45) is 2.48. The van der Waals surface area contributed by atoms with Crippen molar-refractivity contribution in [3.63, 3.8) is 0 Å². The van der Waals surface area contributed by atoms with Gasteiger partial charge in [0, 0.05) is 5.54 Å². The quantitative estimate of drug-likeness (QED) is 0.584. The summed E-state index contributed by atoms with van der Waals surface area (Å²) in [5.41, 5.74) is 4.65. The fourth-order valence-corrected chi connectivity index (χ4v) is 1.49. The number of aliphatic hydroxyl groups excluding tert-OH is 1. The number of nitrogens with two attached hydrogens (primary N) is 1. The van der Waals surface area contributed by atoms with Crippen LogP contribution in [-0.4, -0.2) is 22.9 Å². The Morgan fingerprint density at radius 2 is 2.17 bits per heavy atom. The van der Waals surface area contributed by atoms with Crippen LogP contribution in [0.2, 0.25) is 0 Å². The summed E-state index contributed by atoms with van der Waals surface area (Å²) in [7, 11) is 0. The van der Waals surface area contributed by atoms with Crippen molar-refractivity contribution in [2.75, 3.05) is 6.61 Å². The minimum atomic E-state index is -1.29. The lowest BCUT2D eigenvalue weighted by atomic mass is 9.78. The Bertz CT molecular complexity index is 209. The topological polar surface area (TPSA) is 46.2 Å². The smallest absolute Gasteiger partial charge is 0.126 e. The molecule has 0 aromatic rings. The van der Waals surface area contributed by atoms with Gasteiger partial charge in [0.15, 0.2) is 0 Å². The molecule has 0 radical (unpaired) electrons. The van der Waals surface area contributed by atoms with Crippen LogP contribution in [0.15, 0.2) is 11.6 Å². The standard InChI is InChI=1S/C9H16FNO/c1-8(10)3-4-9(2,11)7(5-8)6-12/h5,12H,3-4,6,11H2,1-2H3. The van der Waals surface area contributed by atoms with Crippen molar-refractivity contribution < 1.29 is 9.50 Å². The average molecular weight is 173 g/mol. The second-order valence-electron chi connectivity index (χ2n) is 4.02. The Labute approximate surface area is 72.3 Å². The molecule has 12 heavy (non-hydrogen) atoms. The molecule has 1 aliphatic rings. The summed E-state index contributed by atoms with van der Waals surface area (Å²) < 4.78 is 13.4. The SMILES string of the molecule is CC1(F)C=C(CO)C(C)(N)CC1. The fraction of sp³-hybridized carbons (Fsp3) is 0.778. The fourth-order valence-electron chi connectivity index (χ4n) is 1.49. The van der Waals surface area contributed by atoms with Gasteiger partial charge in [-0.15, -0.1) is 0 Å². The van der Waals surface area contributed by atoms with E-state index in [-0.39, 0.29) is 6.61 Å². The molecule has 0 fully saturated rings. The van der Waals surface area contributed by atoms with Crippen LogP contribution < -0.4 is 5.73 Å². The Balaban J connectivity index is 2.93. The molecule has 1 aliphatic carbocycles. The lowest BCUT2D eigenvalue weighted by Crippen LogP contribution is -2.45. The molecule has 2 unspecified atom stereocenters. The Hall–Kier alpha value is -0.410. The average Bonchev–Trinajstić information content (AvgIpc) is 1.95. The first-order chi connectivity index (χ1) is 5.37. The van der Waals surface area contributed by atoms with E-state index in [1.165, 1.54) is 13.0 Å². The number of allylic oxidation sites excluding steroid dienone is 1. The van der Waals surface area contributed by atoms with Gasteiger partial charge in [-0.1, -0.05) is 0 Å².